The van der Waals surface area contributed by atoms with Crippen LogP contribution in [0.3, 0.4) is 0 Å². The molecule has 11 heteroatoms. The number of benzene rings is 3. The molecule has 0 aromatic heterocycles. The standard InChI is InChI=1S/C23H12Br2ClFN2O5/c24-17-7-13(8-18(25)21(17)33-11-12-2-1-3-14(27)6-12)9-20-23(30)34-22(28-20)16-10-15(29(31)32)4-5-19(16)26/h1-10H,11H2/b20-9-. The van der Waals surface area contributed by atoms with Crippen LogP contribution in [0.25, 0.3) is 6.08 Å². The summed E-state index contributed by atoms with van der Waals surface area (Å²) in [5.74, 6) is -0.710. The number of nitro groups is 1. The lowest BCUT2D eigenvalue weighted by Gasteiger charge is -2.11. The van der Waals surface area contributed by atoms with E-state index in [1.165, 1.54) is 36.4 Å². The van der Waals surface area contributed by atoms with Crippen molar-refractivity contribution in [3.8, 4) is 5.75 Å². The quantitative estimate of drug-likeness (QED) is 0.132. The molecule has 1 heterocycles. The second-order valence-electron chi connectivity index (χ2n) is 6.99. The summed E-state index contributed by atoms with van der Waals surface area (Å²) in [6.07, 6.45) is 1.49. The van der Waals surface area contributed by atoms with Gasteiger partial charge in [0.2, 0.25) is 5.90 Å². The van der Waals surface area contributed by atoms with Gasteiger partial charge in [0.1, 0.15) is 18.2 Å². The number of non-ortho nitro benzene ring substituents is 1. The fourth-order valence-electron chi connectivity index (χ4n) is 3.06. The van der Waals surface area contributed by atoms with Gasteiger partial charge in [-0.05, 0) is 79.4 Å². The lowest BCUT2D eigenvalue weighted by Crippen LogP contribution is -2.06. The number of esters is 1. The van der Waals surface area contributed by atoms with Crippen molar-refractivity contribution in [2.24, 2.45) is 4.99 Å². The van der Waals surface area contributed by atoms with Gasteiger partial charge in [0, 0.05) is 12.1 Å². The van der Waals surface area contributed by atoms with Gasteiger partial charge in [-0.1, -0.05) is 23.7 Å². The van der Waals surface area contributed by atoms with Gasteiger partial charge >= 0.3 is 5.97 Å². The largest absolute Gasteiger partial charge is 0.487 e. The van der Waals surface area contributed by atoms with E-state index < -0.39 is 10.9 Å². The topological polar surface area (TPSA) is 91.0 Å². The third-order valence-electron chi connectivity index (χ3n) is 4.61. The maximum Gasteiger partial charge on any atom is 0.363 e. The molecule has 0 fully saturated rings. The molecule has 1 aliphatic rings. The van der Waals surface area contributed by atoms with E-state index in [4.69, 9.17) is 21.1 Å². The molecule has 3 aromatic rings. The van der Waals surface area contributed by atoms with E-state index in [0.29, 0.717) is 25.8 Å². The van der Waals surface area contributed by atoms with E-state index in [1.54, 1.807) is 24.3 Å². The van der Waals surface area contributed by atoms with Gasteiger partial charge in [0.25, 0.3) is 5.69 Å². The minimum Gasteiger partial charge on any atom is -0.487 e. The van der Waals surface area contributed by atoms with Crippen molar-refractivity contribution in [2.45, 2.75) is 6.61 Å². The second-order valence-corrected chi connectivity index (χ2v) is 9.11. The van der Waals surface area contributed by atoms with Crippen LogP contribution in [-0.4, -0.2) is 16.8 Å². The molecular formula is C23H12Br2ClFN2O5. The van der Waals surface area contributed by atoms with Crippen molar-refractivity contribution in [3.63, 3.8) is 0 Å². The van der Waals surface area contributed by atoms with Crippen LogP contribution in [0.1, 0.15) is 16.7 Å². The average molecular weight is 611 g/mol. The molecule has 172 valence electrons. The molecule has 0 saturated heterocycles. The van der Waals surface area contributed by atoms with Crippen molar-refractivity contribution in [1.82, 2.24) is 0 Å². The van der Waals surface area contributed by atoms with Crippen molar-refractivity contribution in [3.05, 3.63) is 107 Å². The Labute approximate surface area is 214 Å². The summed E-state index contributed by atoms with van der Waals surface area (Å²) < 4.78 is 25.5. The summed E-state index contributed by atoms with van der Waals surface area (Å²) in [7, 11) is 0. The van der Waals surface area contributed by atoms with Crippen LogP contribution >= 0.6 is 43.5 Å². The van der Waals surface area contributed by atoms with E-state index in [-0.39, 0.29) is 40.3 Å². The number of carbonyl (C=O) groups is 1. The van der Waals surface area contributed by atoms with E-state index in [2.05, 4.69) is 36.9 Å². The lowest BCUT2D eigenvalue weighted by molar-refractivity contribution is -0.384. The maximum atomic E-state index is 13.4. The number of hydrogen-bond acceptors (Lipinski definition) is 6. The Bertz CT molecular complexity index is 1370. The highest BCUT2D eigenvalue weighted by Crippen LogP contribution is 2.36. The van der Waals surface area contributed by atoms with Crippen LogP contribution in [0.2, 0.25) is 5.02 Å². The number of rotatable bonds is 6. The predicted molar refractivity (Wildman–Crippen MR) is 131 cm³/mol. The average Bonchev–Trinajstić information content (AvgIpc) is 3.13. The first-order chi connectivity index (χ1) is 16.2. The van der Waals surface area contributed by atoms with E-state index in [9.17, 15) is 19.3 Å². The van der Waals surface area contributed by atoms with Gasteiger partial charge in [-0.25, -0.2) is 14.2 Å². The Morgan fingerprint density at radius 3 is 2.56 bits per heavy atom. The molecule has 1 aliphatic heterocycles. The molecule has 3 aromatic carbocycles. The van der Waals surface area contributed by atoms with E-state index in [0.717, 1.165) is 0 Å². The van der Waals surface area contributed by atoms with Crippen LogP contribution in [0.4, 0.5) is 10.1 Å². The number of carbonyl (C=O) groups excluding carboxylic acids is 1. The first-order valence-electron chi connectivity index (χ1n) is 9.54. The highest BCUT2D eigenvalue weighted by Gasteiger charge is 2.27. The Hall–Kier alpha value is -3.08. The van der Waals surface area contributed by atoms with Crippen molar-refractivity contribution >= 4 is 67.1 Å². The SMILES string of the molecule is O=C1OC(c2cc([N+](=O)[O-])ccc2Cl)=N/C1=C\c1cc(Br)c(OCc2cccc(F)c2)c(Br)c1. The number of aliphatic imine (C=N–C) groups is 1. The minimum absolute atomic E-state index is 0.00944. The molecule has 0 N–H and O–H groups in total. The molecule has 0 amide bonds. The molecule has 0 radical (unpaired) electrons. The molecule has 0 saturated carbocycles. The highest BCUT2D eigenvalue weighted by molar-refractivity contribution is 9.11. The van der Waals surface area contributed by atoms with Crippen molar-refractivity contribution in [2.75, 3.05) is 0 Å². The Morgan fingerprint density at radius 1 is 1.15 bits per heavy atom. The first-order valence-corrected chi connectivity index (χ1v) is 11.5. The summed E-state index contributed by atoms with van der Waals surface area (Å²) in [5.41, 5.74) is 1.18. The summed E-state index contributed by atoms with van der Waals surface area (Å²) in [4.78, 5) is 27.0. The van der Waals surface area contributed by atoms with Crippen LogP contribution in [0.15, 0.2) is 74.2 Å². The monoisotopic (exact) mass is 608 g/mol. The fourth-order valence-corrected chi connectivity index (χ4v) is 4.71. The lowest BCUT2D eigenvalue weighted by atomic mass is 10.2. The van der Waals surface area contributed by atoms with Gasteiger partial charge in [-0.2, -0.15) is 0 Å². The van der Waals surface area contributed by atoms with Crippen LogP contribution in [0.5, 0.6) is 5.75 Å². The molecule has 0 atom stereocenters. The van der Waals surface area contributed by atoms with Crippen LogP contribution < -0.4 is 4.74 Å². The number of hydrogen-bond donors (Lipinski definition) is 0. The molecule has 0 unspecified atom stereocenters. The number of nitrogens with zero attached hydrogens (tertiary/aromatic N) is 2. The van der Waals surface area contributed by atoms with Crippen LogP contribution in [-0.2, 0) is 16.1 Å². The third kappa shape index (κ3) is 5.35. The minimum atomic E-state index is -0.726. The predicted octanol–water partition coefficient (Wildman–Crippen LogP) is 6.84. The zero-order chi connectivity index (χ0) is 24.4. The van der Waals surface area contributed by atoms with Crippen molar-refractivity contribution in [1.29, 1.82) is 0 Å². The summed E-state index contributed by atoms with van der Waals surface area (Å²) in [6.45, 7) is 0.152. The highest BCUT2D eigenvalue weighted by atomic mass is 79.9. The van der Waals surface area contributed by atoms with Crippen molar-refractivity contribution < 1.29 is 23.6 Å². The van der Waals surface area contributed by atoms with Gasteiger partial charge in [-0.15, -0.1) is 0 Å². The Morgan fingerprint density at radius 2 is 1.88 bits per heavy atom. The molecule has 34 heavy (non-hydrogen) atoms. The molecule has 0 bridgehead atoms. The fraction of sp³-hybridized carbons (Fsp3) is 0.0435. The Balaban J connectivity index is 1.59. The molecule has 0 aliphatic carbocycles. The number of nitro benzene ring substituents is 1. The number of ether oxygens (including phenoxy) is 2. The second kappa shape index (κ2) is 10.0. The third-order valence-corrected chi connectivity index (χ3v) is 6.12. The number of cyclic esters (lactones) is 1. The molecule has 7 nitrogen and oxygen atoms in total. The molecule has 0 spiro atoms. The van der Waals surface area contributed by atoms with Gasteiger partial charge < -0.3 is 9.47 Å². The molecule has 4 rings (SSSR count). The molecular weight excluding hydrogens is 599 g/mol. The first kappa shape index (κ1) is 24.1. The van der Waals surface area contributed by atoms with Gasteiger partial charge in [0.15, 0.2) is 5.70 Å². The van der Waals surface area contributed by atoms with Crippen LogP contribution in [0, 0.1) is 15.9 Å². The zero-order valence-electron chi connectivity index (χ0n) is 16.9. The van der Waals surface area contributed by atoms with E-state index >= 15 is 0 Å². The zero-order valence-corrected chi connectivity index (χ0v) is 20.9. The summed E-state index contributed by atoms with van der Waals surface area (Å²) in [5, 5.41) is 11.2. The normalized spacial score (nSPS) is 14.2. The van der Waals surface area contributed by atoms with Gasteiger partial charge in [0.05, 0.1) is 24.5 Å². The van der Waals surface area contributed by atoms with E-state index in [1.807, 2.05) is 0 Å². The summed E-state index contributed by atoms with van der Waals surface area (Å²) in [6, 6.07) is 13.3. The van der Waals surface area contributed by atoms with Gasteiger partial charge in [-0.3, -0.25) is 10.1 Å². The maximum absolute atomic E-state index is 13.4. The number of halogens is 4. The summed E-state index contributed by atoms with van der Waals surface area (Å²) >= 11 is 13.0. The Kier molecular flexibility index (Phi) is 7.11. The smallest absolute Gasteiger partial charge is 0.363 e.